The standard InChI is InChI=1S/C6H9NO2/c1-3-7-4-5(2)9-6(7)8/h4H,3H2,1-2H3. The summed E-state index contributed by atoms with van der Waals surface area (Å²) in [6.07, 6.45) is 1.70. The number of hydrogen-bond donors (Lipinski definition) is 0. The Morgan fingerprint density at radius 3 is 2.67 bits per heavy atom. The Morgan fingerprint density at radius 2 is 2.44 bits per heavy atom. The molecule has 3 nitrogen and oxygen atoms in total. The number of aromatic nitrogens is 1. The zero-order valence-electron chi connectivity index (χ0n) is 5.55. The third-order valence-corrected chi connectivity index (χ3v) is 1.16. The predicted molar refractivity (Wildman–Crippen MR) is 33.4 cm³/mol. The van der Waals surface area contributed by atoms with Crippen LogP contribution in [0.25, 0.3) is 0 Å². The van der Waals surface area contributed by atoms with Crippen molar-refractivity contribution in [3.05, 3.63) is 22.5 Å². The molecule has 0 atom stereocenters. The molecule has 0 amide bonds. The van der Waals surface area contributed by atoms with Crippen molar-refractivity contribution in [2.45, 2.75) is 20.4 Å². The molecule has 9 heavy (non-hydrogen) atoms. The Morgan fingerprint density at radius 1 is 1.78 bits per heavy atom. The fourth-order valence-corrected chi connectivity index (χ4v) is 0.715. The minimum atomic E-state index is -0.269. The lowest BCUT2D eigenvalue weighted by Gasteiger charge is -1.85. The van der Waals surface area contributed by atoms with Crippen LogP contribution in [-0.4, -0.2) is 4.57 Å². The van der Waals surface area contributed by atoms with Crippen LogP contribution >= 0.6 is 0 Å². The maximum Gasteiger partial charge on any atom is 0.419 e. The minimum absolute atomic E-state index is 0.269. The molecule has 0 aliphatic heterocycles. The molecule has 0 spiro atoms. The second-order valence-corrected chi connectivity index (χ2v) is 1.89. The lowest BCUT2D eigenvalue weighted by Crippen LogP contribution is -2.10. The van der Waals surface area contributed by atoms with E-state index in [1.54, 1.807) is 13.1 Å². The molecule has 3 heteroatoms. The van der Waals surface area contributed by atoms with Gasteiger partial charge in [-0.1, -0.05) is 0 Å². The van der Waals surface area contributed by atoms with Gasteiger partial charge < -0.3 is 4.42 Å². The third kappa shape index (κ3) is 1.04. The maximum absolute atomic E-state index is 10.7. The molecule has 1 aromatic heterocycles. The Bertz CT molecular complexity index is 246. The third-order valence-electron chi connectivity index (χ3n) is 1.16. The van der Waals surface area contributed by atoms with Crippen LogP contribution in [0.1, 0.15) is 12.7 Å². The molecule has 0 unspecified atom stereocenters. The molecule has 0 aliphatic carbocycles. The number of aryl methyl sites for hydroxylation is 2. The van der Waals surface area contributed by atoms with Crippen LogP contribution in [0.5, 0.6) is 0 Å². The Hall–Kier alpha value is -0.990. The van der Waals surface area contributed by atoms with E-state index in [1.165, 1.54) is 4.57 Å². The molecule has 1 rings (SSSR count). The summed E-state index contributed by atoms with van der Waals surface area (Å²) < 4.78 is 6.24. The van der Waals surface area contributed by atoms with E-state index in [9.17, 15) is 4.79 Å². The molecule has 1 aromatic rings. The van der Waals surface area contributed by atoms with Crippen molar-refractivity contribution in [2.24, 2.45) is 0 Å². The first-order valence-corrected chi connectivity index (χ1v) is 2.91. The Labute approximate surface area is 52.9 Å². The molecular formula is C6H9NO2. The summed E-state index contributed by atoms with van der Waals surface area (Å²) in [5.74, 6) is 0.400. The van der Waals surface area contributed by atoms with Crippen molar-refractivity contribution < 1.29 is 4.42 Å². The summed E-state index contributed by atoms with van der Waals surface area (Å²) in [6.45, 7) is 4.33. The topological polar surface area (TPSA) is 35.1 Å². The normalized spacial score (nSPS) is 10.0. The lowest BCUT2D eigenvalue weighted by molar-refractivity contribution is 0.463. The van der Waals surface area contributed by atoms with Crippen molar-refractivity contribution >= 4 is 0 Å². The van der Waals surface area contributed by atoms with Gasteiger partial charge in [0.05, 0.1) is 0 Å². The predicted octanol–water partition coefficient (Wildman–Crippen LogP) is 0.770. The molecule has 50 valence electrons. The minimum Gasteiger partial charge on any atom is -0.413 e. The molecule has 0 fully saturated rings. The zero-order chi connectivity index (χ0) is 6.85. The van der Waals surface area contributed by atoms with E-state index in [-0.39, 0.29) is 5.76 Å². The monoisotopic (exact) mass is 127 g/mol. The van der Waals surface area contributed by atoms with Gasteiger partial charge in [-0.15, -0.1) is 0 Å². The van der Waals surface area contributed by atoms with E-state index in [2.05, 4.69) is 0 Å². The van der Waals surface area contributed by atoms with Crippen molar-refractivity contribution in [1.82, 2.24) is 4.57 Å². The largest absolute Gasteiger partial charge is 0.419 e. The summed E-state index contributed by atoms with van der Waals surface area (Å²) in [4.78, 5) is 10.7. The summed E-state index contributed by atoms with van der Waals surface area (Å²) in [5, 5.41) is 0. The zero-order valence-corrected chi connectivity index (χ0v) is 5.55. The van der Waals surface area contributed by atoms with Crippen molar-refractivity contribution in [3.8, 4) is 0 Å². The van der Waals surface area contributed by atoms with E-state index in [0.717, 1.165) is 0 Å². The van der Waals surface area contributed by atoms with E-state index in [4.69, 9.17) is 4.42 Å². The van der Waals surface area contributed by atoms with Crippen LogP contribution in [0.15, 0.2) is 15.4 Å². The first-order chi connectivity index (χ1) is 4.24. The summed E-state index contributed by atoms with van der Waals surface area (Å²) in [5.41, 5.74) is 0. The van der Waals surface area contributed by atoms with Gasteiger partial charge in [-0.3, -0.25) is 4.57 Å². The van der Waals surface area contributed by atoms with Gasteiger partial charge in [-0.2, -0.15) is 0 Å². The quantitative estimate of drug-likeness (QED) is 0.558. The highest BCUT2D eigenvalue weighted by Gasteiger charge is 1.96. The summed E-state index contributed by atoms with van der Waals surface area (Å²) in [7, 11) is 0. The molecule has 0 N–H and O–H groups in total. The second kappa shape index (κ2) is 2.09. The highest BCUT2D eigenvalue weighted by atomic mass is 16.4. The average Bonchev–Trinajstić information content (AvgIpc) is 2.10. The molecule has 0 saturated heterocycles. The van der Waals surface area contributed by atoms with Crippen LogP contribution in [0.4, 0.5) is 0 Å². The van der Waals surface area contributed by atoms with Gasteiger partial charge in [0, 0.05) is 12.7 Å². The van der Waals surface area contributed by atoms with E-state index >= 15 is 0 Å². The van der Waals surface area contributed by atoms with Gasteiger partial charge in [0.25, 0.3) is 0 Å². The van der Waals surface area contributed by atoms with Gasteiger partial charge in [-0.25, -0.2) is 4.79 Å². The smallest absolute Gasteiger partial charge is 0.413 e. The fraction of sp³-hybridized carbons (Fsp3) is 0.500. The van der Waals surface area contributed by atoms with Gasteiger partial charge in [0.2, 0.25) is 0 Å². The highest BCUT2D eigenvalue weighted by molar-refractivity contribution is 4.85. The number of rotatable bonds is 1. The Kier molecular flexibility index (Phi) is 1.42. The molecule has 0 aromatic carbocycles. The Balaban J connectivity index is 3.16. The van der Waals surface area contributed by atoms with Gasteiger partial charge in [0.15, 0.2) is 0 Å². The number of hydrogen-bond acceptors (Lipinski definition) is 2. The second-order valence-electron chi connectivity index (χ2n) is 1.89. The van der Waals surface area contributed by atoms with Crippen LogP contribution in [0.2, 0.25) is 0 Å². The van der Waals surface area contributed by atoms with E-state index in [1.807, 2.05) is 6.92 Å². The van der Waals surface area contributed by atoms with Crippen LogP contribution in [-0.2, 0) is 6.54 Å². The fourth-order valence-electron chi connectivity index (χ4n) is 0.715. The van der Waals surface area contributed by atoms with Crippen LogP contribution in [0, 0.1) is 6.92 Å². The highest BCUT2D eigenvalue weighted by Crippen LogP contribution is 1.90. The van der Waals surface area contributed by atoms with Crippen molar-refractivity contribution in [1.29, 1.82) is 0 Å². The van der Waals surface area contributed by atoms with Gasteiger partial charge in [0.1, 0.15) is 5.76 Å². The molecular weight excluding hydrogens is 118 g/mol. The SMILES string of the molecule is CCn1cc(C)oc1=O. The summed E-state index contributed by atoms with van der Waals surface area (Å²) >= 11 is 0. The van der Waals surface area contributed by atoms with Crippen LogP contribution < -0.4 is 5.76 Å². The van der Waals surface area contributed by atoms with E-state index < -0.39 is 0 Å². The van der Waals surface area contributed by atoms with Gasteiger partial charge in [-0.05, 0) is 13.8 Å². The average molecular weight is 127 g/mol. The van der Waals surface area contributed by atoms with Gasteiger partial charge >= 0.3 is 5.76 Å². The van der Waals surface area contributed by atoms with Crippen LogP contribution in [0.3, 0.4) is 0 Å². The van der Waals surface area contributed by atoms with Crippen molar-refractivity contribution in [2.75, 3.05) is 0 Å². The lowest BCUT2D eigenvalue weighted by atomic mass is 10.6. The molecule has 0 radical (unpaired) electrons. The van der Waals surface area contributed by atoms with E-state index in [0.29, 0.717) is 12.3 Å². The molecule has 0 aliphatic rings. The molecule has 0 saturated carbocycles. The molecule has 0 bridgehead atoms. The number of nitrogens with zero attached hydrogens (tertiary/aromatic N) is 1. The van der Waals surface area contributed by atoms with Crippen molar-refractivity contribution in [3.63, 3.8) is 0 Å². The first-order valence-electron chi connectivity index (χ1n) is 2.91. The molecule has 1 heterocycles. The number of oxazole rings is 1. The first kappa shape index (κ1) is 6.13. The summed E-state index contributed by atoms with van der Waals surface area (Å²) in [6, 6.07) is 0. The maximum atomic E-state index is 10.7.